The van der Waals surface area contributed by atoms with Crippen molar-refractivity contribution >= 4 is 12.4 Å². The van der Waals surface area contributed by atoms with Gasteiger partial charge >= 0.3 is 6.09 Å². The van der Waals surface area contributed by atoms with Crippen LogP contribution in [0.5, 0.6) is 0 Å². The van der Waals surface area contributed by atoms with Crippen molar-refractivity contribution in [2.75, 3.05) is 13.1 Å². The largest absolute Gasteiger partial charge is 0.444 e. The lowest BCUT2D eigenvalue weighted by Crippen LogP contribution is -2.40. The van der Waals surface area contributed by atoms with Crippen LogP contribution >= 0.6 is 0 Å². The van der Waals surface area contributed by atoms with Gasteiger partial charge in [0.2, 0.25) is 0 Å². The summed E-state index contributed by atoms with van der Waals surface area (Å²) >= 11 is 0. The summed E-state index contributed by atoms with van der Waals surface area (Å²) in [6.07, 6.45) is 0.890. The number of hydrogen-bond donors (Lipinski definition) is 0. The zero-order valence-electron chi connectivity index (χ0n) is 10.5. The number of amides is 1. The molecule has 0 bridgehead atoms. The van der Waals surface area contributed by atoms with Gasteiger partial charge in [0.15, 0.2) is 12.1 Å². The fraction of sp³-hybridized carbons (Fsp3) is 0.667. The van der Waals surface area contributed by atoms with Crippen molar-refractivity contribution < 1.29 is 18.7 Å². The Labute approximate surface area is 100 Å². The topological polar surface area (TPSA) is 46.6 Å². The van der Waals surface area contributed by atoms with E-state index < -0.39 is 17.5 Å². The first kappa shape index (κ1) is 13.7. The standard InChI is InChI=1S/C12H18FNO3/c1-12(2,3)17-11(16)14-6-4-5-9(7-14)10(13)8-15/h8H,4-7H2,1-3H3/b10-9+. The molecule has 5 heteroatoms. The molecule has 1 fully saturated rings. The van der Waals surface area contributed by atoms with Crippen LogP contribution in [-0.2, 0) is 9.53 Å². The second-order valence-electron chi connectivity index (χ2n) is 5.07. The predicted octanol–water partition coefficient (Wildman–Crippen LogP) is 2.44. The van der Waals surface area contributed by atoms with Gasteiger partial charge in [0.05, 0.1) is 0 Å². The van der Waals surface area contributed by atoms with Gasteiger partial charge in [0.1, 0.15) is 5.60 Å². The number of allylic oxidation sites excluding steroid dienone is 1. The lowest BCUT2D eigenvalue weighted by atomic mass is 10.0. The third-order valence-electron chi connectivity index (χ3n) is 2.38. The van der Waals surface area contributed by atoms with Gasteiger partial charge in [-0.25, -0.2) is 9.18 Å². The molecule has 0 spiro atoms. The number of piperidine rings is 1. The maximum absolute atomic E-state index is 13.1. The summed E-state index contributed by atoms with van der Waals surface area (Å²) in [6.45, 7) is 6.00. The molecule has 0 saturated carbocycles. The van der Waals surface area contributed by atoms with E-state index in [1.165, 1.54) is 4.90 Å². The Morgan fingerprint density at radius 2 is 2.12 bits per heavy atom. The molecule has 1 saturated heterocycles. The number of carbonyl (C=O) groups excluding carboxylic acids is 2. The smallest absolute Gasteiger partial charge is 0.410 e. The summed E-state index contributed by atoms with van der Waals surface area (Å²) in [7, 11) is 0. The SMILES string of the molecule is CC(C)(C)OC(=O)N1CCC/C(=C(\F)C=O)C1. The number of likely N-dealkylation sites (tertiary alicyclic amines) is 1. The van der Waals surface area contributed by atoms with E-state index in [-0.39, 0.29) is 12.8 Å². The molecule has 96 valence electrons. The zero-order chi connectivity index (χ0) is 13.1. The van der Waals surface area contributed by atoms with Crippen LogP contribution in [0.2, 0.25) is 0 Å². The first-order valence-electron chi connectivity index (χ1n) is 5.64. The van der Waals surface area contributed by atoms with Crippen LogP contribution in [0.4, 0.5) is 9.18 Å². The predicted molar refractivity (Wildman–Crippen MR) is 61.2 cm³/mol. The minimum absolute atomic E-state index is 0.138. The fourth-order valence-corrected chi connectivity index (χ4v) is 1.63. The zero-order valence-corrected chi connectivity index (χ0v) is 10.5. The molecular weight excluding hydrogens is 225 g/mol. The van der Waals surface area contributed by atoms with Gasteiger partial charge in [-0.1, -0.05) is 0 Å². The average molecular weight is 243 g/mol. The molecule has 0 unspecified atom stereocenters. The highest BCUT2D eigenvalue weighted by Gasteiger charge is 2.26. The van der Waals surface area contributed by atoms with Crippen LogP contribution in [0.3, 0.4) is 0 Å². The number of rotatable bonds is 1. The molecule has 0 aliphatic carbocycles. The molecule has 0 N–H and O–H groups in total. The van der Waals surface area contributed by atoms with E-state index in [0.717, 1.165) is 0 Å². The molecular formula is C12H18FNO3. The Hall–Kier alpha value is -1.39. The summed E-state index contributed by atoms with van der Waals surface area (Å²) < 4.78 is 18.3. The van der Waals surface area contributed by atoms with E-state index in [2.05, 4.69) is 0 Å². The number of carbonyl (C=O) groups is 2. The van der Waals surface area contributed by atoms with Crippen molar-refractivity contribution in [1.29, 1.82) is 0 Å². The van der Waals surface area contributed by atoms with Crippen LogP contribution in [-0.4, -0.2) is 36.0 Å². The maximum Gasteiger partial charge on any atom is 0.410 e. The van der Waals surface area contributed by atoms with Gasteiger partial charge < -0.3 is 9.64 Å². The molecule has 0 radical (unpaired) electrons. The minimum atomic E-state index is -0.766. The average Bonchev–Trinajstić information content (AvgIpc) is 2.26. The Kier molecular flexibility index (Phi) is 4.26. The summed E-state index contributed by atoms with van der Waals surface area (Å²) in [5.74, 6) is -0.766. The molecule has 0 aromatic heterocycles. The Bertz CT molecular complexity index is 344. The molecule has 1 aliphatic rings. The van der Waals surface area contributed by atoms with Gasteiger partial charge in [-0.2, -0.15) is 0 Å². The molecule has 1 amide bonds. The number of ether oxygens (including phenoxy) is 1. The van der Waals surface area contributed by atoms with Gasteiger partial charge in [0, 0.05) is 13.1 Å². The van der Waals surface area contributed by atoms with Crippen molar-refractivity contribution in [3.8, 4) is 0 Å². The third kappa shape index (κ3) is 4.17. The maximum atomic E-state index is 13.1. The molecule has 0 atom stereocenters. The Morgan fingerprint density at radius 3 is 2.65 bits per heavy atom. The van der Waals surface area contributed by atoms with E-state index in [9.17, 15) is 14.0 Å². The number of aldehydes is 1. The van der Waals surface area contributed by atoms with Crippen molar-refractivity contribution in [1.82, 2.24) is 4.90 Å². The van der Waals surface area contributed by atoms with Crippen LogP contribution in [0.15, 0.2) is 11.4 Å². The molecule has 0 aromatic carbocycles. The highest BCUT2D eigenvalue weighted by atomic mass is 19.1. The lowest BCUT2D eigenvalue weighted by Gasteiger charge is -2.31. The summed E-state index contributed by atoms with van der Waals surface area (Å²) in [4.78, 5) is 23.5. The van der Waals surface area contributed by atoms with Gasteiger partial charge in [-0.15, -0.1) is 0 Å². The van der Waals surface area contributed by atoms with Gasteiger partial charge in [-0.3, -0.25) is 4.79 Å². The molecule has 4 nitrogen and oxygen atoms in total. The quantitative estimate of drug-likeness (QED) is 0.525. The molecule has 1 heterocycles. The first-order chi connectivity index (χ1) is 7.83. The number of halogens is 1. The van der Waals surface area contributed by atoms with E-state index in [0.29, 0.717) is 25.0 Å². The van der Waals surface area contributed by atoms with Crippen LogP contribution in [0, 0.1) is 0 Å². The highest BCUT2D eigenvalue weighted by molar-refractivity contribution is 5.73. The summed E-state index contributed by atoms with van der Waals surface area (Å²) in [5.41, 5.74) is -0.196. The third-order valence-corrected chi connectivity index (χ3v) is 2.38. The van der Waals surface area contributed by atoms with Gasteiger partial charge in [0.25, 0.3) is 0 Å². The second kappa shape index (κ2) is 5.29. The van der Waals surface area contributed by atoms with E-state index in [1.807, 2.05) is 0 Å². The van der Waals surface area contributed by atoms with E-state index >= 15 is 0 Å². The van der Waals surface area contributed by atoms with E-state index in [1.54, 1.807) is 20.8 Å². The monoisotopic (exact) mass is 243 g/mol. The second-order valence-corrected chi connectivity index (χ2v) is 5.07. The van der Waals surface area contributed by atoms with Crippen molar-refractivity contribution in [2.45, 2.75) is 39.2 Å². The van der Waals surface area contributed by atoms with Gasteiger partial charge in [-0.05, 0) is 39.2 Å². The number of hydrogen-bond acceptors (Lipinski definition) is 3. The molecule has 1 aliphatic heterocycles. The van der Waals surface area contributed by atoms with Crippen LogP contribution in [0.1, 0.15) is 33.6 Å². The fourth-order valence-electron chi connectivity index (χ4n) is 1.63. The van der Waals surface area contributed by atoms with Crippen molar-refractivity contribution in [2.24, 2.45) is 0 Å². The molecule has 17 heavy (non-hydrogen) atoms. The minimum Gasteiger partial charge on any atom is -0.444 e. The summed E-state index contributed by atoms with van der Waals surface area (Å²) in [6, 6.07) is 0. The first-order valence-corrected chi connectivity index (χ1v) is 5.64. The van der Waals surface area contributed by atoms with Crippen molar-refractivity contribution in [3.63, 3.8) is 0 Å². The lowest BCUT2D eigenvalue weighted by molar-refractivity contribution is -0.106. The van der Waals surface area contributed by atoms with E-state index in [4.69, 9.17) is 4.74 Å². The highest BCUT2D eigenvalue weighted by Crippen LogP contribution is 2.21. The van der Waals surface area contributed by atoms with Crippen LogP contribution in [0.25, 0.3) is 0 Å². The molecule has 1 rings (SSSR count). The van der Waals surface area contributed by atoms with Crippen LogP contribution < -0.4 is 0 Å². The Balaban J connectivity index is 2.67. The van der Waals surface area contributed by atoms with Crippen molar-refractivity contribution in [3.05, 3.63) is 11.4 Å². The Morgan fingerprint density at radius 1 is 1.47 bits per heavy atom. The molecule has 0 aromatic rings. The summed E-state index contributed by atoms with van der Waals surface area (Å²) in [5, 5.41) is 0. The normalized spacial score (nSPS) is 19.9. The number of nitrogens with zero attached hydrogens (tertiary/aromatic N) is 1.